The lowest BCUT2D eigenvalue weighted by Crippen LogP contribution is -2.36. The van der Waals surface area contributed by atoms with Crippen molar-refractivity contribution < 1.29 is 22.6 Å². The minimum absolute atomic E-state index is 0.0161. The second kappa shape index (κ2) is 6.79. The monoisotopic (exact) mass is 379 g/mol. The molecule has 26 heavy (non-hydrogen) atoms. The largest absolute Gasteiger partial charge is 0.433 e. The van der Waals surface area contributed by atoms with Crippen LogP contribution in [0.4, 0.5) is 17.3 Å². The lowest BCUT2D eigenvalue weighted by molar-refractivity contribution is -0.402. The number of aryl methyl sites for hydroxylation is 1. The van der Waals surface area contributed by atoms with Crippen molar-refractivity contribution in [1.29, 1.82) is 0 Å². The van der Waals surface area contributed by atoms with Gasteiger partial charge < -0.3 is 9.73 Å². The van der Waals surface area contributed by atoms with E-state index in [1.165, 1.54) is 10.4 Å². The van der Waals surface area contributed by atoms with Crippen LogP contribution in [-0.4, -0.2) is 31.5 Å². The van der Waals surface area contributed by atoms with Crippen molar-refractivity contribution in [1.82, 2.24) is 0 Å². The standard InChI is InChI=1S/C16H17N3O6S/c1-2-26(23,24)18-9-3-4-11-10-12(5-6-13(11)18)17-16(20)14-7-8-15(25-14)19(21)22/h5-8,10H,2-4,9H2,1H3,(H,17,20). The summed E-state index contributed by atoms with van der Waals surface area (Å²) in [4.78, 5) is 22.0. The van der Waals surface area contributed by atoms with Crippen molar-refractivity contribution in [3.8, 4) is 0 Å². The SMILES string of the molecule is CCS(=O)(=O)N1CCCc2cc(NC(=O)c3ccc([N+](=O)[O-])o3)ccc21. The van der Waals surface area contributed by atoms with Crippen molar-refractivity contribution in [3.05, 3.63) is 51.8 Å². The number of nitrogens with one attached hydrogen (secondary N) is 1. The van der Waals surface area contributed by atoms with Gasteiger partial charge in [0, 0.05) is 12.2 Å². The summed E-state index contributed by atoms with van der Waals surface area (Å²) < 4.78 is 30.7. The topological polar surface area (TPSA) is 123 Å². The number of hydrogen-bond acceptors (Lipinski definition) is 6. The Kier molecular flexibility index (Phi) is 4.68. The number of nitro groups is 1. The predicted molar refractivity (Wildman–Crippen MR) is 94.9 cm³/mol. The highest BCUT2D eigenvalue weighted by Gasteiger charge is 2.26. The molecule has 2 aromatic rings. The molecule has 1 aromatic heterocycles. The van der Waals surface area contributed by atoms with Crippen LogP contribution < -0.4 is 9.62 Å². The van der Waals surface area contributed by atoms with E-state index in [1.807, 2.05) is 0 Å². The van der Waals surface area contributed by atoms with Gasteiger partial charge in [-0.1, -0.05) is 0 Å². The first-order valence-corrected chi connectivity index (χ1v) is 9.61. The molecule has 0 fully saturated rings. The first-order valence-electron chi connectivity index (χ1n) is 8.00. The number of nitrogens with zero attached hydrogens (tertiary/aromatic N) is 2. The zero-order valence-electron chi connectivity index (χ0n) is 14.0. The van der Waals surface area contributed by atoms with Gasteiger partial charge in [-0.15, -0.1) is 0 Å². The van der Waals surface area contributed by atoms with Crippen LogP contribution in [0.15, 0.2) is 34.7 Å². The average Bonchev–Trinajstić information content (AvgIpc) is 3.11. The minimum atomic E-state index is -3.35. The number of furan rings is 1. The van der Waals surface area contributed by atoms with E-state index in [1.54, 1.807) is 25.1 Å². The van der Waals surface area contributed by atoms with Crippen LogP contribution in [0.25, 0.3) is 0 Å². The van der Waals surface area contributed by atoms with Crippen LogP contribution >= 0.6 is 0 Å². The Hall–Kier alpha value is -2.88. The molecule has 1 aliphatic rings. The molecule has 0 aliphatic carbocycles. The summed E-state index contributed by atoms with van der Waals surface area (Å²) in [5.41, 5.74) is 1.89. The molecule has 138 valence electrons. The maximum absolute atomic E-state index is 12.2. The number of hydrogen-bond donors (Lipinski definition) is 1. The fourth-order valence-electron chi connectivity index (χ4n) is 2.83. The van der Waals surface area contributed by atoms with E-state index >= 15 is 0 Å². The van der Waals surface area contributed by atoms with Crippen LogP contribution in [-0.2, 0) is 16.4 Å². The van der Waals surface area contributed by atoms with Gasteiger partial charge in [0.05, 0.1) is 17.5 Å². The first kappa shape index (κ1) is 17.9. The van der Waals surface area contributed by atoms with E-state index in [2.05, 4.69) is 5.32 Å². The Morgan fingerprint density at radius 1 is 1.35 bits per heavy atom. The molecule has 9 nitrogen and oxygen atoms in total. The Morgan fingerprint density at radius 2 is 2.12 bits per heavy atom. The van der Waals surface area contributed by atoms with Crippen LogP contribution in [0.3, 0.4) is 0 Å². The normalized spacial score (nSPS) is 14.0. The second-order valence-corrected chi connectivity index (χ2v) is 7.95. The molecule has 2 heterocycles. The molecule has 1 amide bonds. The fourth-order valence-corrected chi connectivity index (χ4v) is 4.02. The van der Waals surface area contributed by atoms with Crippen molar-refractivity contribution in [3.63, 3.8) is 0 Å². The van der Waals surface area contributed by atoms with Crippen LogP contribution in [0.2, 0.25) is 0 Å². The van der Waals surface area contributed by atoms with Crippen LogP contribution in [0.5, 0.6) is 0 Å². The number of anilines is 2. The lowest BCUT2D eigenvalue weighted by Gasteiger charge is -2.30. The number of carbonyl (C=O) groups excluding carboxylic acids is 1. The van der Waals surface area contributed by atoms with E-state index in [0.29, 0.717) is 30.8 Å². The predicted octanol–water partition coefficient (Wildman–Crippen LogP) is 2.54. The van der Waals surface area contributed by atoms with E-state index in [0.717, 1.165) is 11.6 Å². The Bertz CT molecular complexity index is 966. The summed E-state index contributed by atoms with van der Waals surface area (Å²) in [6.07, 6.45) is 1.38. The maximum Gasteiger partial charge on any atom is 0.433 e. The molecular formula is C16H17N3O6S. The smallest absolute Gasteiger partial charge is 0.395 e. The highest BCUT2D eigenvalue weighted by Crippen LogP contribution is 2.32. The third-order valence-corrected chi connectivity index (χ3v) is 5.89. The summed E-state index contributed by atoms with van der Waals surface area (Å²) in [6.45, 7) is 2.03. The highest BCUT2D eigenvalue weighted by molar-refractivity contribution is 7.92. The molecule has 10 heteroatoms. The number of fused-ring (bicyclic) bond motifs is 1. The van der Waals surface area contributed by atoms with E-state index in [4.69, 9.17) is 4.42 Å². The zero-order chi connectivity index (χ0) is 18.9. The van der Waals surface area contributed by atoms with Gasteiger partial charge in [0.15, 0.2) is 5.76 Å². The van der Waals surface area contributed by atoms with Gasteiger partial charge in [0.1, 0.15) is 4.92 Å². The molecule has 0 saturated carbocycles. The van der Waals surface area contributed by atoms with Crippen molar-refractivity contribution in [2.24, 2.45) is 0 Å². The third kappa shape index (κ3) is 3.40. The first-order chi connectivity index (χ1) is 12.3. The summed E-state index contributed by atoms with van der Waals surface area (Å²) in [5.74, 6) is -1.29. The van der Waals surface area contributed by atoms with Gasteiger partial charge in [-0.2, -0.15) is 0 Å². The molecule has 1 aliphatic heterocycles. The molecule has 3 rings (SSSR count). The van der Waals surface area contributed by atoms with E-state index < -0.39 is 26.7 Å². The van der Waals surface area contributed by atoms with Gasteiger partial charge in [-0.25, -0.2) is 8.42 Å². The lowest BCUT2D eigenvalue weighted by atomic mass is 10.0. The van der Waals surface area contributed by atoms with Crippen molar-refractivity contribution in [2.75, 3.05) is 21.9 Å². The maximum atomic E-state index is 12.2. The molecule has 1 N–H and O–H groups in total. The third-order valence-electron chi connectivity index (χ3n) is 4.11. The number of carbonyl (C=O) groups is 1. The fraction of sp³-hybridized carbons (Fsp3) is 0.312. The molecule has 0 spiro atoms. The molecule has 1 aromatic carbocycles. The number of amides is 1. The Labute approximate surface area is 149 Å². The van der Waals surface area contributed by atoms with Gasteiger partial charge >= 0.3 is 5.88 Å². The highest BCUT2D eigenvalue weighted by atomic mass is 32.2. The summed E-state index contributed by atoms with van der Waals surface area (Å²) in [7, 11) is -3.35. The second-order valence-electron chi connectivity index (χ2n) is 5.77. The van der Waals surface area contributed by atoms with E-state index in [-0.39, 0.29) is 11.5 Å². The van der Waals surface area contributed by atoms with Gasteiger partial charge in [-0.05, 0) is 49.6 Å². The summed E-state index contributed by atoms with van der Waals surface area (Å²) in [5, 5.41) is 13.2. The number of benzene rings is 1. The van der Waals surface area contributed by atoms with Crippen LogP contribution in [0.1, 0.15) is 29.5 Å². The Morgan fingerprint density at radius 3 is 2.77 bits per heavy atom. The number of sulfonamides is 1. The summed E-state index contributed by atoms with van der Waals surface area (Å²) >= 11 is 0. The quantitative estimate of drug-likeness (QED) is 0.629. The molecule has 0 bridgehead atoms. The molecule has 0 atom stereocenters. The van der Waals surface area contributed by atoms with Crippen molar-refractivity contribution >= 4 is 33.2 Å². The Balaban J connectivity index is 1.82. The molecule has 0 unspecified atom stereocenters. The summed E-state index contributed by atoms with van der Waals surface area (Å²) in [6, 6.07) is 7.29. The zero-order valence-corrected chi connectivity index (χ0v) is 14.8. The van der Waals surface area contributed by atoms with Gasteiger partial charge in [0.2, 0.25) is 10.0 Å². The van der Waals surface area contributed by atoms with E-state index in [9.17, 15) is 23.3 Å². The number of rotatable bonds is 5. The average molecular weight is 379 g/mol. The molecule has 0 saturated heterocycles. The molecular weight excluding hydrogens is 362 g/mol. The van der Waals surface area contributed by atoms with Crippen molar-refractivity contribution in [2.45, 2.75) is 19.8 Å². The molecule has 0 radical (unpaired) electrons. The van der Waals surface area contributed by atoms with Crippen LogP contribution in [0, 0.1) is 10.1 Å². The van der Waals surface area contributed by atoms with Gasteiger partial charge in [-0.3, -0.25) is 19.2 Å². The van der Waals surface area contributed by atoms with Gasteiger partial charge in [0.25, 0.3) is 5.91 Å². The minimum Gasteiger partial charge on any atom is -0.395 e.